The van der Waals surface area contributed by atoms with E-state index in [1.807, 2.05) is 4.90 Å². The first kappa shape index (κ1) is 18.4. The van der Waals surface area contributed by atoms with Gasteiger partial charge in [0.05, 0.1) is 0 Å². The van der Waals surface area contributed by atoms with Crippen LogP contribution in [0.2, 0.25) is 0 Å². The average molecular weight is 361 g/mol. The number of benzene rings is 1. The number of primary amides is 1. The highest BCUT2D eigenvalue weighted by molar-refractivity contribution is 5.94. The highest BCUT2D eigenvalue weighted by atomic mass is 19.1. The van der Waals surface area contributed by atoms with Crippen LogP contribution in [0.1, 0.15) is 36.0 Å². The molecule has 0 atom stereocenters. The van der Waals surface area contributed by atoms with Crippen molar-refractivity contribution in [3.05, 3.63) is 35.6 Å². The lowest BCUT2D eigenvalue weighted by atomic mass is 9.91. The summed E-state index contributed by atoms with van der Waals surface area (Å²) in [5.74, 6) is -0.887. The number of hydrogen-bond donors (Lipinski definition) is 1. The van der Waals surface area contributed by atoms with Gasteiger partial charge in [-0.25, -0.2) is 4.39 Å². The van der Waals surface area contributed by atoms with Gasteiger partial charge < -0.3 is 15.5 Å². The molecule has 140 valence electrons. The van der Waals surface area contributed by atoms with Gasteiger partial charge in [0, 0.05) is 43.6 Å². The van der Waals surface area contributed by atoms with Crippen molar-refractivity contribution in [3.63, 3.8) is 0 Å². The Labute approximate surface area is 152 Å². The lowest BCUT2D eigenvalue weighted by molar-refractivity contribution is -0.139. The molecule has 0 aromatic heterocycles. The van der Waals surface area contributed by atoms with Gasteiger partial charge in [-0.05, 0) is 49.9 Å². The summed E-state index contributed by atoms with van der Waals surface area (Å²) in [6.07, 6.45) is 2.51. The second-order valence-electron chi connectivity index (χ2n) is 7.08. The Morgan fingerprint density at radius 3 is 1.88 bits per heavy atom. The maximum Gasteiger partial charge on any atom is 0.253 e. The SMILES string of the molecule is NC(=O)C1CCN(C(=O)C2CCN(C(=O)c3ccc(F)cc3)CC2)CC1. The predicted octanol–water partition coefficient (Wildman–Crippen LogP) is 1.40. The predicted molar refractivity (Wildman–Crippen MR) is 93.5 cm³/mol. The number of nitrogens with two attached hydrogens (primary N) is 1. The van der Waals surface area contributed by atoms with E-state index < -0.39 is 0 Å². The van der Waals surface area contributed by atoms with E-state index in [1.165, 1.54) is 24.3 Å². The van der Waals surface area contributed by atoms with E-state index in [2.05, 4.69) is 0 Å². The molecular weight excluding hydrogens is 337 g/mol. The summed E-state index contributed by atoms with van der Waals surface area (Å²) in [5.41, 5.74) is 5.79. The minimum absolute atomic E-state index is 0.0857. The molecule has 0 unspecified atom stereocenters. The summed E-state index contributed by atoms with van der Waals surface area (Å²) in [6, 6.07) is 5.52. The van der Waals surface area contributed by atoms with Crippen LogP contribution >= 0.6 is 0 Å². The first-order valence-electron chi connectivity index (χ1n) is 9.08. The quantitative estimate of drug-likeness (QED) is 0.883. The van der Waals surface area contributed by atoms with Crippen LogP contribution in [0.25, 0.3) is 0 Å². The summed E-state index contributed by atoms with van der Waals surface area (Å²) < 4.78 is 13.0. The second kappa shape index (κ2) is 7.85. The normalized spacial score (nSPS) is 19.4. The summed E-state index contributed by atoms with van der Waals surface area (Å²) in [4.78, 5) is 39.9. The molecule has 7 heteroatoms. The molecule has 2 saturated heterocycles. The van der Waals surface area contributed by atoms with Crippen molar-refractivity contribution in [1.82, 2.24) is 9.80 Å². The molecule has 3 amide bonds. The zero-order chi connectivity index (χ0) is 18.7. The van der Waals surface area contributed by atoms with E-state index in [0.717, 1.165) is 0 Å². The summed E-state index contributed by atoms with van der Waals surface area (Å²) in [5, 5.41) is 0. The number of amides is 3. The number of halogens is 1. The Balaban J connectivity index is 1.50. The van der Waals surface area contributed by atoms with Gasteiger partial charge in [-0.1, -0.05) is 0 Å². The van der Waals surface area contributed by atoms with Crippen molar-refractivity contribution in [2.24, 2.45) is 17.6 Å². The van der Waals surface area contributed by atoms with E-state index >= 15 is 0 Å². The van der Waals surface area contributed by atoms with E-state index in [1.54, 1.807) is 4.90 Å². The zero-order valence-electron chi connectivity index (χ0n) is 14.7. The number of rotatable bonds is 3. The minimum Gasteiger partial charge on any atom is -0.369 e. The standard InChI is InChI=1S/C19H24FN3O3/c20-16-3-1-14(2-4-16)18(25)23-11-7-15(8-12-23)19(26)22-9-5-13(6-10-22)17(21)24/h1-4,13,15H,5-12H2,(H2,21,24). The van der Waals surface area contributed by atoms with Gasteiger partial charge in [-0.3, -0.25) is 14.4 Å². The van der Waals surface area contributed by atoms with Crippen LogP contribution in [0.15, 0.2) is 24.3 Å². The minimum atomic E-state index is -0.369. The molecule has 0 spiro atoms. The Morgan fingerprint density at radius 2 is 1.35 bits per heavy atom. The maximum atomic E-state index is 13.0. The third kappa shape index (κ3) is 4.03. The first-order valence-corrected chi connectivity index (χ1v) is 9.08. The number of hydrogen-bond acceptors (Lipinski definition) is 3. The molecule has 0 radical (unpaired) electrons. The highest BCUT2D eigenvalue weighted by Crippen LogP contribution is 2.24. The topological polar surface area (TPSA) is 83.7 Å². The lowest BCUT2D eigenvalue weighted by Gasteiger charge is -2.36. The lowest BCUT2D eigenvalue weighted by Crippen LogP contribution is -2.47. The second-order valence-corrected chi connectivity index (χ2v) is 7.08. The monoisotopic (exact) mass is 361 g/mol. The molecule has 0 saturated carbocycles. The van der Waals surface area contributed by atoms with Gasteiger partial charge in [0.15, 0.2) is 0 Å². The Morgan fingerprint density at radius 1 is 0.846 bits per heavy atom. The van der Waals surface area contributed by atoms with Gasteiger partial charge in [-0.2, -0.15) is 0 Å². The number of carbonyl (C=O) groups is 3. The van der Waals surface area contributed by atoms with Crippen LogP contribution in [0.4, 0.5) is 4.39 Å². The van der Waals surface area contributed by atoms with Crippen LogP contribution in [-0.4, -0.2) is 53.7 Å². The third-order valence-corrected chi connectivity index (χ3v) is 5.43. The molecule has 3 rings (SSSR count). The fourth-order valence-corrected chi connectivity index (χ4v) is 3.75. The van der Waals surface area contributed by atoms with Gasteiger partial charge >= 0.3 is 0 Å². The van der Waals surface area contributed by atoms with Crippen LogP contribution in [0.3, 0.4) is 0 Å². The number of piperidine rings is 2. The molecule has 2 aliphatic heterocycles. The summed E-state index contributed by atoms with van der Waals surface area (Å²) >= 11 is 0. The van der Waals surface area contributed by atoms with Crippen molar-refractivity contribution in [2.75, 3.05) is 26.2 Å². The fourth-order valence-electron chi connectivity index (χ4n) is 3.75. The zero-order valence-corrected chi connectivity index (χ0v) is 14.7. The van der Waals surface area contributed by atoms with Gasteiger partial charge in [0.25, 0.3) is 5.91 Å². The fraction of sp³-hybridized carbons (Fsp3) is 0.526. The molecule has 2 aliphatic rings. The van der Waals surface area contributed by atoms with Crippen molar-refractivity contribution < 1.29 is 18.8 Å². The van der Waals surface area contributed by atoms with Crippen LogP contribution < -0.4 is 5.73 Å². The molecule has 6 nitrogen and oxygen atoms in total. The van der Waals surface area contributed by atoms with Crippen LogP contribution in [-0.2, 0) is 9.59 Å². The Bertz CT molecular complexity index is 676. The molecule has 2 fully saturated rings. The third-order valence-electron chi connectivity index (χ3n) is 5.43. The molecule has 2 heterocycles. The number of likely N-dealkylation sites (tertiary alicyclic amines) is 2. The van der Waals surface area contributed by atoms with E-state index in [9.17, 15) is 18.8 Å². The molecule has 0 bridgehead atoms. The molecule has 26 heavy (non-hydrogen) atoms. The molecule has 2 N–H and O–H groups in total. The first-order chi connectivity index (χ1) is 12.5. The molecular formula is C19H24FN3O3. The maximum absolute atomic E-state index is 13.0. The van der Waals surface area contributed by atoms with Crippen molar-refractivity contribution in [3.8, 4) is 0 Å². The van der Waals surface area contributed by atoms with Crippen molar-refractivity contribution in [2.45, 2.75) is 25.7 Å². The van der Waals surface area contributed by atoms with Gasteiger partial charge in [0.2, 0.25) is 11.8 Å². The smallest absolute Gasteiger partial charge is 0.253 e. The molecule has 1 aromatic carbocycles. The van der Waals surface area contributed by atoms with Gasteiger partial charge in [-0.15, -0.1) is 0 Å². The Kier molecular flexibility index (Phi) is 5.54. The summed E-state index contributed by atoms with van der Waals surface area (Å²) in [7, 11) is 0. The van der Waals surface area contributed by atoms with Crippen molar-refractivity contribution in [1.29, 1.82) is 0 Å². The van der Waals surface area contributed by atoms with Crippen LogP contribution in [0, 0.1) is 17.7 Å². The Hall–Kier alpha value is -2.44. The number of carbonyl (C=O) groups excluding carboxylic acids is 3. The van der Waals surface area contributed by atoms with E-state index in [0.29, 0.717) is 57.4 Å². The van der Waals surface area contributed by atoms with E-state index in [-0.39, 0.29) is 35.4 Å². The number of nitrogens with zero attached hydrogens (tertiary/aromatic N) is 2. The average Bonchev–Trinajstić information content (AvgIpc) is 2.67. The largest absolute Gasteiger partial charge is 0.369 e. The molecule has 1 aromatic rings. The van der Waals surface area contributed by atoms with Crippen LogP contribution in [0.5, 0.6) is 0 Å². The summed E-state index contributed by atoms with van der Waals surface area (Å²) in [6.45, 7) is 2.18. The van der Waals surface area contributed by atoms with Gasteiger partial charge in [0.1, 0.15) is 5.82 Å². The molecule has 0 aliphatic carbocycles. The van der Waals surface area contributed by atoms with Crippen molar-refractivity contribution >= 4 is 17.7 Å². The van der Waals surface area contributed by atoms with E-state index in [4.69, 9.17) is 5.73 Å². The highest BCUT2D eigenvalue weighted by Gasteiger charge is 2.33.